The Labute approximate surface area is 139 Å². The second-order valence-electron chi connectivity index (χ2n) is 6.47. The fraction of sp³-hybridized carbons (Fsp3) is 0.500. The number of rotatable bonds is 2. The molecule has 0 N–H and O–H groups in total. The lowest BCUT2D eigenvalue weighted by molar-refractivity contribution is 0.419. The van der Waals surface area contributed by atoms with Gasteiger partial charge in [-0.05, 0) is 44.2 Å². The number of fused-ring (bicyclic) bond motifs is 1. The van der Waals surface area contributed by atoms with Gasteiger partial charge >= 0.3 is 0 Å². The Hall–Kier alpha value is -1.29. The van der Waals surface area contributed by atoms with Crippen LogP contribution in [-0.4, -0.2) is 13.1 Å². The van der Waals surface area contributed by atoms with Crippen molar-refractivity contribution in [2.24, 2.45) is 5.92 Å². The number of benzene rings is 1. The highest BCUT2D eigenvalue weighted by atomic mass is 79.9. The lowest BCUT2D eigenvalue weighted by Crippen LogP contribution is -2.33. The first-order valence-corrected chi connectivity index (χ1v) is 8.84. The van der Waals surface area contributed by atoms with E-state index in [-0.39, 0.29) is 10.3 Å². The Morgan fingerprint density at radius 1 is 1.27 bits per heavy atom. The molecule has 1 fully saturated rings. The highest BCUT2D eigenvalue weighted by Gasteiger charge is 2.20. The molecule has 3 rings (SSSR count). The molecule has 0 saturated carbocycles. The van der Waals surface area contributed by atoms with Crippen molar-refractivity contribution in [3.63, 3.8) is 0 Å². The third kappa shape index (κ3) is 2.94. The van der Waals surface area contributed by atoms with E-state index in [0.29, 0.717) is 11.3 Å². The van der Waals surface area contributed by atoms with Crippen LogP contribution in [0.25, 0.3) is 11.0 Å². The quantitative estimate of drug-likeness (QED) is 0.718. The molecule has 2 heterocycles. The topological polar surface area (TPSA) is 33.5 Å². The minimum absolute atomic E-state index is 0.0490. The number of nitrogens with zero attached hydrogens (tertiary/aromatic N) is 1. The SMILES string of the molecule is Cc1cc(C(C)Br)c2oc(N3CCC(C)CC3)cc(=O)c2c1. The van der Waals surface area contributed by atoms with Gasteiger partial charge in [0.25, 0.3) is 0 Å². The molecule has 22 heavy (non-hydrogen) atoms. The molecule has 1 aromatic carbocycles. The first-order chi connectivity index (χ1) is 10.5. The molecular formula is C18H22BrNO2. The summed E-state index contributed by atoms with van der Waals surface area (Å²) in [6.45, 7) is 8.27. The molecule has 1 saturated heterocycles. The Bertz CT molecular complexity index is 743. The molecule has 1 unspecified atom stereocenters. The first-order valence-electron chi connectivity index (χ1n) is 7.93. The molecule has 1 aliphatic rings. The van der Waals surface area contributed by atoms with E-state index in [2.05, 4.69) is 40.7 Å². The van der Waals surface area contributed by atoms with Crippen LogP contribution in [0.15, 0.2) is 27.4 Å². The Morgan fingerprint density at radius 2 is 1.95 bits per heavy atom. The van der Waals surface area contributed by atoms with E-state index >= 15 is 0 Å². The Morgan fingerprint density at radius 3 is 2.59 bits per heavy atom. The van der Waals surface area contributed by atoms with E-state index in [1.165, 1.54) is 0 Å². The molecule has 0 amide bonds. The highest BCUT2D eigenvalue weighted by molar-refractivity contribution is 9.09. The van der Waals surface area contributed by atoms with Gasteiger partial charge in [0.1, 0.15) is 5.58 Å². The van der Waals surface area contributed by atoms with Crippen molar-refractivity contribution in [1.29, 1.82) is 0 Å². The molecule has 0 aliphatic carbocycles. The van der Waals surface area contributed by atoms with Crippen molar-refractivity contribution in [2.45, 2.75) is 38.4 Å². The molecule has 1 aliphatic heterocycles. The zero-order valence-electron chi connectivity index (χ0n) is 13.4. The van der Waals surface area contributed by atoms with Gasteiger partial charge in [0.15, 0.2) is 11.3 Å². The van der Waals surface area contributed by atoms with Gasteiger partial charge < -0.3 is 9.32 Å². The third-order valence-electron chi connectivity index (χ3n) is 4.51. The average Bonchev–Trinajstić information content (AvgIpc) is 2.47. The summed E-state index contributed by atoms with van der Waals surface area (Å²) in [5.41, 5.74) is 2.89. The molecule has 0 spiro atoms. The van der Waals surface area contributed by atoms with Crippen molar-refractivity contribution in [3.8, 4) is 0 Å². The minimum atomic E-state index is 0.0490. The monoisotopic (exact) mass is 363 g/mol. The van der Waals surface area contributed by atoms with Gasteiger partial charge in [0.05, 0.1) is 5.39 Å². The number of hydrogen-bond donors (Lipinski definition) is 0. The predicted octanol–water partition coefficient (Wildman–Crippen LogP) is 4.79. The summed E-state index contributed by atoms with van der Waals surface area (Å²) in [5.74, 6) is 1.46. The standard InChI is InChI=1S/C18H22BrNO2/c1-11-4-6-20(7-5-11)17-10-16(21)15-9-12(2)8-14(13(3)19)18(15)22-17/h8-11,13H,4-7H2,1-3H3. The van der Waals surface area contributed by atoms with Crippen LogP contribution in [0.2, 0.25) is 0 Å². The van der Waals surface area contributed by atoms with Crippen LogP contribution in [0.3, 0.4) is 0 Å². The van der Waals surface area contributed by atoms with Crippen LogP contribution in [0.1, 0.15) is 42.6 Å². The van der Waals surface area contributed by atoms with Crippen LogP contribution in [0.4, 0.5) is 5.88 Å². The van der Waals surface area contributed by atoms with Crippen LogP contribution < -0.4 is 10.3 Å². The normalized spacial score (nSPS) is 17.9. The largest absolute Gasteiger partial charge is 0.440 e. The summed E-state index contributed by atoms with van der Waals surface area (Å²) in [5, 5.41) is 0.676. The van der Waals surface area contributed by atoms with E-state index in [4.69, 9.17) is 4.42 Å². The number of halogens is 1. The maximum absolute atomic E-state index is 12.5. The number of aryl methyl sites for hydroxylation is 1. The first kappa shape index (κ1) is 15.6. The van der Waals surface area contributed by atoms with Crippen molar-refractivity contribution in [1.82, 2.24) is 0 Å². The van der Waals surface area contributed by atoms with Gasteiger partial charge in [-0.25, -0.2) is 0 Å². The predicted molar refractivity (Wildman–Crippen MR) is 95.2 cm³/mol. The molecule has 0 radical (unpaired) electrons. The maximum Gasteiger partial charge on any atom is 0.199 e. The van der Waals surface area contributed by atoms with E-state index < -0.39 is 0 Å². The fourth-order valence-corrected chi connectivity index (χ4v) is 3.44. The van der Waals surface area contributed by atoms with Crippen molar-refractivity contribution >= 4 is 32.8 Å². The fourth-order valence-electron chi connectivity index (χ4n) is 3.10. The van der Waals surface area contributed by atoms with Gasteiger partial charge in [0.2, 0.25) is 0 Å². The molecule has 0 bridgehead atoms. The van der Waals surface area contributed by atoms with Crippen LogP contribution in [0.5, 0.6) is 0 Å². The number of alkyl halides is 1. The van der Waals surface area contributed by atoms with Crippen LogP contribution in [-0.2, 0) is 0 Å². The number of anilines is 1. The maximum atomic E-state index is 12.5. The van der Waals surface area contributed by atoms with E-state index in [1.807, 2.05) is 13.0 Å². The van der Waals surface area contributed by atoms with E-state index in [1.54, 1.807) is 6.07 Å². The van der Waals surface area contributed by atoms with Crippen molar-refractivity contribution in [3.05, 3.63) is 39.5 Å². The third-order valence-corrected chi connectivity index (χ3v) is 5.01. The zero-order chi connectivity index (χ0) is 15.9. The Kier molecular flexibility index (Phi) is 4.31. The summed E-state index contributed by atoms with van der Waals surface area (Å²) in [4.78, 5) is 14.9. The van der Waals surface area contributed by atoms with Gasteiger partial charge in [-0.2, -0.15) is 0 Å². The van der Waals surface area contributed by atoms with Crippen molar-refractivity contribution < 1.29 is 4.42 Å². The minimum Gasteiger partial charge on any atom is -0.440 e. The second kappa shape index (κ2) is 6.07. The molecular weight excluding hydrogens is 342 g/mol. The smallest absolute Gasteiger partial charge is 0.199 e. The molecule has 4 heteroatoms. The summed E-state index contributed by atoms with van der Waals surface area (Å²) < 4.78 is 6.16. The molecule has 1 atom stereocenters. The van der Waals surface area contributed by atoms with Crippen LogP contribution in [0, 0.1) is 12.8 Å². The van der Waals surface area contributed by atoms with Gasteiger partial charge in [0, 0.05) is 29.5 Å². The van der Waals surface area contributed by atoms with E-state index in [9.17, 15) is 4.79 Å². The zero-order valence-corrected chi connectivity index (χ0v) is 14.9. The van der Waals surface area contributed by atoms with Gasteiger partial charge in [-0.1, -0.05) is 28.9 Å². The molecule has 3 nitrogen and oxygen atoms in total. The highest BCUT2D eigenvalue weighted by Crippen LogP contribution is 2.32. The summed E-state index contributed by atoms with van der Waals surface area (Å²) >= 11 is 3.62. The Balaban J connectivity index is 2.13. The van der Waals surface area contributed by atoms with Crippen molar-refractivity contribution in [2.75, 3.05) is 18.0 Å². The lowest BCUT2D eigenvalue weighted by atomic mass is 9.99. The second-order valence-corrected chi connectivity index (χ2v) is 7.84. The lowest BCUT2D eigenvalue weighted by Gasteiger charge is -2.30. The van der Waals surface area contributed by atoms with Gasteiger partial charge in [-0.3, -0.25) is 4.79 Å². The summed E-state index contributed by atoms with van der Waals surface area (Å²) in [6.07, 6.45) is 2.30. The molecule has 1 aromatic heterocycles. The summed E-state index contributed by atoms with van der Waals surface area (Å²) in [7, 11) is 0. The average molecular weight is 364 g/mol. The summed E-state index contributed by atoms with van der Waals surface area (Å²) in [6, 6.07) is 5.66. The van der Waals surface area contributed by atoms with Gasteiger partial charge in [-0.15, -0.1) is 0 Å². The number of piperidine rings is 1. The molecule has 2 aromatic rings. The van der Waals surface area contributed by atoms with Crippen LogP contribution >= 0.6 is 15.9 Å². The van der Waals surface area contributed by atoms with E-state index in [0.717, 1.165) is 48.6 Å². The number of hydrogen-bond acceptors (Lipinski definition) is 3. The molecule has 118 valence electrons.